The summed E-state index contributed by atoms with van der Waals surface area (Å²) >= 11 is 1.42. The van der Waals surface area contributed by atoms with Gasteiger partial charge in [0.1, 0.15) is 0 Å². The van der Waals surface area contributed by atoms with Crippen LogP contribution >= 0.6 is 8.95 Å². The van der Waals surface area contributed by atoms with Crippen molar-refractivity contribution in [2.24, 2.45) is 5.92 Å². The van der Waals surface area contributed by atoms with E-state index < -0.39 is 0 Å². The Morgan fingerprint density at radius 1 is 1.25 bits per heavy atom. The van der Waals surface area contributed by atoms with Crippen molar-refractivity contribution in [2.75, 3.05) is 12.4 Å². The number of carbonyl (C=O) groups is 1. The summed E-state index contributed by atoms with van der Waals surface area (Å²) < 4.78 is 5.13. The van der Waals surface area contributed by atoms with E-state index in [0.29, 0.717) is 13.0 Å². The van der Waals surface area contributed by atoms with Crippen molar-refractivity contribution < 1.29 is 9.53 Å². The van der Waals surface area contributed by atoms with Crippen LogP contribution in [0.25, 0.3) is 0 Å². The van der Waals surface area contributed by atoms with Crippen molar-refractivity contribution in [2.45, 2.75) is 52.4 Å². The summed E-state index contributed by atoms with van der Waals surface area (Å²) in [6.45, 7) is 5.13. The number of carbonyl (C=O) groups excluding carboxylic acids is 1. The van der Waals surface area contributed by atoms with Crippen LogP contribution in [-0.4, -0.2) is 39.5 Å². The Morgan fingerprint density at radius 3 is 2.56 bits per heavy atom. The number of esters is 1. The van der Waals surface area contributed by atoms with Crippen molar-refractivity contribution >= 4 is 36.1 Å². The Bertz CT molecular complexity index is 174. The van der Waals surface area contributed by atoms with Gasteiger partial charge in [0, 0.05) is 0 Å². The third-order valence-electron chi connectivity index (χ3n) is 2.35. The van der Waals surface area contributed by atoms with Crippen LogP contribution in [-0.2, 0) is 9.53 Å². The Balaban J connectivity index is 3.11. The minimum atomic E-state index is -0.0305. The van der Waals surface area contributed by atoms with Crippen molar-refractivity contribution in [3.05, 3.63) is 0 Å². The van der Waals surface area contributed by atoms with Gasteiger partial charge < -0.3 is 0 Å². The first-order valence-corrected chi connectivity index (χ1v) is 10.6. The molecule has 0 aromatic rings. The van der Waals surface area contributed by atoms with Crippen LogP contribution in [0.3, 0.4) is 0 Å². The van der Waals surface area contributed by atoms with E-state index in [1.165, 1.54) is 46.8 Å². The zero-order valence-electron chi connectivity index (χ0n) is 10.5. The standard InChI is InChI=1S/C12H24O2S.Sn/c1-11(2)7-5-3-4-6-9-14-12(13)8-10-15;/h11,15H,3-10H2,1-2H3;/q;+1/p-1. The molecule has 0 saturated heterocycles. The van der Waals surface area contributed by atoms with E-state index >= 15 is 0 Å². The van der Waals surface area contributed by atoms with Gasteiger partial charge in [-0.1, -0.05) is 13.8 Å². The molecular weight excluding hydrogens is 327 g/mol. The van der Waals surface area contributed by atoms with Crippen LogP contribution in [0.5, 0.6) is 0 Å². The van der Waals surface area contributed by atoms with E-state index in [2.05, 4.69) is 13.8 Å². The van der Waals surface area contributed by atoms with E-state index in [9.17, 15) is 4.79 Å². The molecule has 4 heteroatoms. The Kier molecular flexibility index (Phi) is 12.6. The van der Waals surface area contributed by atoms with Crippen LogP contribution in [0.4, 0.5) is 0 Å². The molecule has 93 valence electrons. The first kappa shape index (κ1) is 16.6. The molecule has 0 aliphatic rings. The zero-order chi connectivity index (χ0) is 12.2. The fourth-order valence-corrected chi connectivity index (χ4v) is 2.54. The second-order valence-electron chi connectivity index (χ2n) is 4.42. The summed E-state index contributed by atoms with van der Waals surface area (Å²) in [6, 6.07) is 0. The molecule has 0 aliphatic heterocycles. The van der Waals surface area contributed by atoms with Gasteiger partial charge in [0.05, 0.1) is 0 Å². The number of rotatable bonds is 10. The van der Waals surface area contributed by atoms with E-state index in [1.807, 2.05) is 0 Å². The van der Waals surface area contributed by atoms with Crippen LogP contribution in [0, 0.1) is 5.92 Å². The van der Waals surface area contributed by atoms with Crippen molar-refractivity contribution in [1.82, 2.24) is 0 Å². The van der Waals surface area contributed by atoms with Gasteiger partial charge in [-0.05, 0) is 0 Å². The molecule has 0 fully saturated rings. The van der Waals surface area contributed by atoms with Gasteiger partial charge in [-0.15, -0.1) is 0 Å². The molecule has 3 radical (unpaired) electrons. The third-order valence-corrected chi connectivity index (χ3v) is 4.50. The summed E-state index contributed by atoms with van der Waals surface area (Å²) in [5.74, 6) is 1.69. The molecule has 0 atom stereocenters. The number of unbranched alkanes of at least 4 members (excludes halogenated alkanes) is 3. The monoisotopic (exact) mass is 351 g/mol. The van der Waals surface area contributed by atoms with E-state index in [-0.39, 0.29) is 5.97 Å². The molecule has 0 aromatic carbocycles. The van der Waals surface area contributed by atoms with Gasteiger partial charge in [0.2, 0.25) is 0 Å². The first-order valence-electron chi connectivity index (χ1n) is 6.11. The van der Waals surface area contributed by atoms with E-state index in [4.69, 9.17) is 4.74 Å². The summed E-state index contributed by atoms with van der Waals surface area (Å²) in [6.07, 6.45) is 6.67. The van der Waals surface area contributed by atoms with E-state index in [0.717, 1.165) is 18.1 Å². The van der Waals surface area contributed by atoms with Crippen LogP contribution in [0.2, 0.25) is 0 Å². The second-order valence-corrected chi connectivity index (χ2v) is 7.58. The average molecular weight is 350 g/mol. The number of hydrogen-bond donors (Lipinski definition) is 0. The Morgan fingerprint density at radius 2 is 1.94 bits per heavy atom. The molecule has 0 unspecified atom stereocenters. The molecule has 0 aromatic heterocycles. The molecular formula is C12H23O2SSn. The topological polar surface area (TPSA) is 26.3 Å². The SMILES string of the molecule is CC(C)CCCCCCOC(=O)CC[S][Sn]. The van der Waals surface area contributed by atoms with Gasteiger partial charge in [0.15, 0.2) is 0 Å². The van der Waals surface area contributed by atoms with Gasteiger partial charge in [0.25, 0.3) is 0 Å². The maximum absolute atomic E-state index is 11.2. The van der Waals surface area contributed by atoms with Crippen molar-refractivity contribution in [1.29, 1.82) is 0 Å². The summed E-state index contributed by atoms with van der Waals surface area (Å²) in [4.78, 5) is 11.2. The minimum absolute atomic E-state index is 0.0305. The van der Waals surface area contributed by atoms with Gasteiger partial charge in [-0.25, -0.2) is 0 Å². The fourth-order valence-electron chi connectivity index (χ4n) is 1.40. The quantitative estimate of drug-likeness (QED) is 0.343. The molecule has 0 bridgehead atoms. The number of ether oxygens (including phenoxy) is 1. The summed E-state index contributed by atoms with van der Waals surface area (Å²) in [5, 5.41) is 0. The molecule has 0 saturated carbocycles. The van der Waals surface area contributed by atoms with Gasteiger partial charge in [-0.2, -0.15) is 0 Å². The first-order chi connectivity index (χ1) is 7.66. The van der Waals surface area contributed by atoms with Crippen LogP contribution in [0.15, 0.2) is 0 Å². The fraction of sp³-hybridized carbons (Fsp3) is 0.917. The molecule has 16 heavy (non-hydrogen) atoms. The summed E-state index contributed by atoms with van der Waals surface area (Å²) in [5.41, 5.74) is 0. The van der Waals surface area contributed by atoms with E-state index in [1.54, 1.807) is 8.95 Å². The summed E-state index contributed by atoms with van der Waals surface area (Å²) in [7, 11) is 1.77. The zero-order valence-corrected chi connectivity index (χ0v) is 14.1. The Hall–Kier alpha value is 0.619. The molecule has 0 heterocycles. The van der Waals surface area contributed by atoms with Crippen molar-refractivity contribution in [3.8, 4) is 0 Å². The second kappa shape index (κ2) is 12.1. The normalized spacial score (nSPS) is 10.8. The predicted octanol–water partition coefficient (Wildman–Crippen LogP) is 3.34. The molecule has 0 rings (SSSR count). The van der Waals surface area contributed by atoms with Crippen LogP contribution < -0.4 is 0 Å². The molecule has 0 spiro atoms. The molecule has 0 amide bonds. The van der Waals surface area contributed by atoms with Gasteiger partial charge >= 0.3 is 102 Å². The third kappa shape index (κ3) is 12.7. The predicted molar refractivity (Wildman–Crippen MR) is 71.7 cm³/mol. The number of hydrogen-bond acceptors (Lipinski definition) is 3. The van der Waals surface area contributed by atoms with Crippen molar-refractivity contribution in [3.63, 3.8) is 0 Å². The average Bonchev–Trinajstić information content (AvgIpc) is 2.24. The molecule has 0 aliphatic carbocycles. The Labute approximate surface area is 116 Å². The maximum atomic E-state index is 11.2. The molecule has 0 N–H and O–H groups in total. The van der Waals surface area contributed by atoms with Crippen LogP contribution in [0.1, 0.15) is 52.4 Å². The molecule has 2 nitrogen and oxygen atoms in total. The van der Waals surface area contributed by atoms with Gasteiger partial charge in [-0.3, -0.25) is 0 Å².